The van der Waals surface area contributed by atoms with Crippen molar-refractivity contribution >= 4 is 0 Å². The van der Waals surface area contributed by atoms with Crippen LogP contribution in [0.2, 0.25) is 0 Å². The molecule has 0 saturated carbocycles. The van der Waals surface area contributed by atoms with Crippen molar-refractivity contribution in [2.45, 2.75) is 39.3 Å². The zero-order valence-corrected chi connectivity index (χ0v) is 13.1. The molecule has 0 amide bonds. The maximum Gasteiger partial charge on any atom is 0.162 e. The van der Waals surface area contributed by atoms with Crippen molar-refractivity contribution in [2.75, 3.05) is 13.7 Å². The van der Waals surface area contributed by atoms with E-state index in [4.69, 9.17) is 4.74 Å². The Bertz CT molecular complexity index is 552. The van der Waals surface area contributed by atoms with Gasteiger partial charge in [-0.25, -0.2) is 9.97 Å². The second kappa shape index (κ2) is 7.17. The second-order valence-corrected chi connectivity index (χ2v) is 5.16. The van der Waals surface area contributed by atoms with Crippen molar-refractivity contribution < 1.29 is 4.74 Å². The maximum atomic E-state index is 5.49. The highest BCUT2D eigenvalue weighted by Crippen LogP contribution is 2.30. The Kier molecular flexibility index (Phi) is 5.27. The normalized spacial score (nSPS) is 12.6. The number of aromatic nitrogens is 4. The van der Waals surface area contributed by atoms with Gasteiger partial charge < -0.3 is 10.1 Å². The van der Waals surface area contributed by atoms with E-state index in [0.717, 1.165) is 30.1 Å². The minimum absolute atomic E-state index is 0.0622. The van der Waals surface area contributed by atoms with Crippen LogP contribution in [0.25, 0.3) is 0 Å². The first-order chi connectivity index (χ1) is 10.2. The third-order valence-corrected chi connectivity index (χ3v) is 3.28. The van der Waals surface area contributed by atoms with Crippen LogP contribution in [0.15, 0.2) is 24.8 Å². The maximum absolute atomic E-state index is 5.49. The number of nitrogens with zero attached hydrogens (tertiary/aromatic N) is 4. The Hall–Kier alpha value is -1.95. The van der Waals surface area contributed by atoms with Crippen molar-refractivity contribution in [2.24, 2.45) is 0 Å². The van der Waals surface area contributed by atoms with Crippen LogP contribution in [0.4, 0.5) is 0 Å². The predicted molar refractivity (Wildman–Crippen MR) is 81.3 cm³/mol. The molecule has 114 valence electrons. The van der Waals surface area contributed by atoms with E-state index in [1.807, 2.05) is 10.7 Å². The summed E-state index contributed by atoms with van der Waals surface area (Å²) in [4.78, 5) is 8.39. The fourth-order valence-corrected chi connectivity index (χ4v) is 2.30. The van der Waals surface area contributed by atoms with Gasteiger partial charge in [-0.05, 0) is 32.9 Å². The van der Waals surface area contributed by atoms with Gasteiger partial charge in [0.15, 0.2) is 5.75 Å². The lowest BCUT2D eigenvalue weighted by molar-refractivity contribution is 0.392. The van der Waals surface area contributed by atoms with E-state index in [9.17, 15) is 0 Å². The van der Waals surface area contributed by atoms with Crippen LogP contribution in [-0.4, -0.2) is 33.4 Å². The quantitative estimate of drug-likeness (QED) is 0.847. The lowest BCUT2D eigenvalue weighted by atomic mass is 10.1. The van der Waals surface area contributed by atoms with Crippen molar-refractivity contribution in [3.63, 3.8) is 0 Å². The second-order valence-electron chi connectivity index (χ2n) is 5.16. The molecule has 0 saturated heterocycles. The third kappa shape index (κ3) is 3.39. The van der Waals surface area contributed by atoms with E-state index in [-0.39, 0.29) is 12.1 Å². The Balaban J connectivity index is 2.48. The monoisotopic (exact) mass is 289 g/mol. The van der Waals surface area contributed by atoms with Gasteiger partial charge in [-0.3, -0.25) is 4.68 Å². The highest BCUT2D eigenvalue weighted by Gasteiger charge is 2.25. The molecule has 0 fully saturated rings. The van der Waals surface area contributed by atoms with E-state index >= 15 is 0 Å². The molecule has 0 aromatic carbocycles. The molecule has 0 aliphatic heterocycles. The molecule has 0 aliphatic rings. The predicted octanol–water partition coefficient (Wildman–Crippen LogP) is 2.35. The van der Waals surface area contributed by atoms with Gasteiger partial charge in [0.05, 0.1) is 25.0 Å². The summed E-state index contributed by atoms with van der Waals surface area (Å²) in [6.07, 6.45) is 6.13. The molecule has 21 heavy (non-hydrogen) atoms. The Morgan fingerprint density at radius 1 is 1.38 bits per heavy atom. The summed E-state index contributed by atoms with van der Waals surface area (Å²) in [5.41, 5.74) is 1.92. The van der Waals surface area contributed by atoms with Crippen LogP contribution in [0.1, 0.15) is 50.7 Å². The SMILES string of the molecule is CCCNC(c1ccncn1)c1c(OC)cnn1C(C)C. The summed E-state index contributed by atoms with van der Waals surface area (Å²) < 4.78 is 7.47. The highest BCUT2D eigenvalue weighted by atomic mass is 16.5. The van der Waals surface area contributed by atoms with Crippen LogP contribution in [-0.2, 0) is 0 Å². The van der Waals surface area contributed by atoms with Crippen LogP contribution < -0.4 is 10.1 Å². The van der Waals surface area contributed by atoms with E-state index < -0.39 is 0 Å². The van der Waals surface area contributed by atoms with E-state index in [1.54, 1.807) is 25.8 Å². The van der Waals surface area contributed by atoms with Gasteiger partial charge in [0, 0.05) is 12.2 Å². The summed E-state index contributed by atoms with van der Waals surface area (Å²) in [6, 6.07) is 2.11. The van der Waals surface area contributed by atoms with E-state index in [1.165, 1.54) is 0 Å². The first kappa shape index (κ1) is 15.4. The topological polar surface area (TPSA) is 64.9 Å². The molecule has 0 radical (unpaired) electrons. The molecule has 2 aromatic heterocycles. The minimum atomic E-state index is -0.0622. The molecule has 1 unspecified atom stereocenters. The number of rotatable bonds is 7. The van der Waals surface area contributed by atoms with Gasteiger partial charge in [-0.15, -0.1) is 0 Å². The molecule has 2 rings (SSSR count). The smallest absolute Gasteiger partial charge is 0.162 e. The summed E-state index contributed by atoms with van der Waals surface area (Å²) >= 11 is 0. The number of hydrogen-bond donors (Lipinski definition) is 1. The first-order valence-electron chi connectivity index (χ1n) is 7.29. The number of nitrogens with one attached hydrogen (secondary N) is 1. The van der Waals surface area contributed by atoms with Gasteiger partial charge >= 0.3 is 0 Å². The lowest BCUT2D eigenvalue weighted by Gasteiger charge is -2.22. The Morgan fingerprint density at radius 3 is 2.76 bits per heavy atom. The van der Waals surface area contributed by atoms with Crippen LogP contribution >= 0.6 is 0 Å². The zero-order valence-electron chi connectivity index (χ0n) is 13.1. The number of hydrogen-bond acceptors (Lipinski definition) is 5. The minimum Gasteiger partial charge on any atom is -0.493 e. The molecule has 1 atom stereocenters. The van der Waals surface area contributed by atoms with Gasteiger partial charge in [0.1, 0.15) is 12.0 Å². The fourth-order valence-electron chi connectivity index (χ4n) is 2.30. The Labute approximate surface area is 125 Å². The molecule has 6 heteroatoms. The number of methoxy groups -OCH3 is 1. The summed E-state index contributed by atoms with van der Waals surface area (Å²) in [5.74, 6) is 0.774. The molecule has 0 bridgehead atoms. The fraction of sp³-hybridized carbons (Fsp3) is 0.533. The third-order valence-electron chi connectivity index (χ3n) is 3.28. The molecule has 0 aliphatic carbocycles. The van der Waals surface area contributed by atoms with Gasteiger partial charge in [-0.2, -0.15) is 5.10 Å². The van der Waals surface area contributed by atoms with Gasteiger partial charge in [0.2, 0.25) is 0 Å². The summed E-state index contributed by atoms with van der Waals surface area (Å²) in [5, 5.41) is 7.98. The molecule has 2 heterocycles. The first-order valence-corrected chi connectivity index (χ1v) is 7.29. The average molecular weight is 289 g/mol. The van der Waals surface area contributed by atoms with Crippen molar-refractivity contribution in [3.8, 4) is 5.75 Å². The van der Waals surface area contributed by atoms with E-state index in [2.05, 4.69) is 41.2 Å². The summed E-state index contributed by atoms with van der Waals surface area (Å²) in [6.45, 7) is 7.24. The standard InChI is InChI=1S/C15H23N5O/c1-5-7-17-14(12-6-8-16-10-18-12)15-13(21-4)9-19-20(15)11(2)3/h6,8-11,14,17H,5,7H2,1-4H3. The van der Waals surface area contributed by atoms with Crippen LogP contribution in [0.5, 0.6) is 5.75 Å². The van der Waals surface area contributed by atoms with Gasteiger partial charge in [-0.1, -0.05) is 6.92 Å². The lowest BCUT2D eigenvalue weighted by Crippen LogP contribution is -2.27. The largest absolute Gasteiger partial charge is 0.493 e. The molecule has 2 aromatic rings. The summed E-state index contributed by atoms with van der Waals surface area (Å²) in [7, 11) is 1.67. The molecular weight excluding hydrogens is 266 g/mol. The van der Waals surface area contributed by atoms with Gasteiger partial charge in [0.25, 0.3) is 0 Å². The molecule has 6 nitrogen and oxygen atoms in total. The number of ether oxygens (including phenoxy) is 1. The van der Waals surface area contributed by atoms with Crippen molar-refractivity contribution in [3.05, 3.63) is 36.2 Å². The highest BCUT2D eigenvalue weighted by molar-refractivity contribution is 5.34. The molecule has 1 N–H and O–H groups in total. The van der Waals surface area contributed by atoms with Crippen LogP contribution in [0.3, 0.4) is 0 Å². The molecule has 0 spiro atoms. The average Bonchev–Trinajstić information content (AvgIpc) is 2.93. The molecular formula is C15H23N5O. The zero-order chi connectivity index (χ0) is 15.2. The van der Waals surface area contributed by atoms with Crippen molar-refractivity contribution in [1.29, 1.82) is 0 Å². The van der Waals surface area contributed by atoms with Crippen LogP contribution in [0, 0.1) is 0 Å². The Morgan fingerprint density at radius 2 is 2.19 bits per heavy atom. The van der Waals surface area contributed by atoms with E-state index in [0.29, 0.717) is 0 Å². The van der Waals surface area contributed by atoms with Crippen molar-refractivity contribution in [1.82, 2.24) is 25.1 Å².